The number of halogens is 1. The Morgan fingerprint density at radius 1 is 1.22 bits per heavy atom. The number of aromatic nitrogens is 1. The van der Waals surface area contributed by atoms with Crippen LogP contribution in [0, 0.1) is 25.6 Å². The molecule has 2 N–H and O–H groups in total. The van der Waals surface area contributed by atoms with Gasteiger partial charge in [0.1, 0.15) is 11.6 Å². The Hall–Kier alpha value is -2.41. The summed E-state index contributed by atoms with van der Waals surface area (Å²) in [6.07, 6.45) is 4.28. The van der Waals surface area contributed by atoms with Gasteiger partial charge in [0.2, 0.25) is 5.89 Å². The number of piperidine rings is 1. The van der Waals surface area contributed by atoms with Crippen LogP contribution >= 0.6 is 0 Å². The first-order valence-corrected chi connectivity index (χ1v) is 11.9. The topological polar surface area (TPSA) is 65.7 Å². The van der Waals surface area contributed by atoms with Gasteiger partial charge in [0.15, 0.2) is 5.96 Å². The van der Waals surface area contributed by atoms with Crippen molar-refractivity contribution in [2.45, 2.75) is 58.4 Å². The van der Waals surface area contributed by atoms with Crippen LogP contribution in [0.15, 0.2) is 33.7 Å². The third-order valence-electron chi connectivity index (χ3n) is 6.88. The number of hydrogen-bond acceptors (Lipinski definition) is 4. The monoisotopic (exact) mass is 441 g/mol. The maximum atomic E-state index is 14.3. The van der Waals surface area contributed by atoms with Crippen molar-refractivity contribution in [3.8, 4) is 0 Å². The third-order valence-corrected chi connectivity index (χ3v) is 6.88. The standard InChI is InChI=1S/C25H36FN5O/c1-4-27-24(29-17-25(11-12-25)21-7-5-6-8-22(21)26)28-15-20-9-13-31(14-10-20)16-23-30-18(2)19(3)32-23/h5-8,20H,4,9-17H2,1-3H3,(H2,27,28,29). The van der Waals surface area contributed by atoms with Crippen LogP contribution in [-0.2, 0) is 12.0 Å². The molecule has 2 aromatic rings. The number of aliphatic imine (C=N–C) groups is 1. The molecule has 0 spiro atoms. The van der Waals surface area contributed by atoms with Crippen LogP contribution in [0.3, 0.4) is 0 Å². The van der Waals surface area contributed by atoms with E-state index in [0.717, 1.165) is 87.3 Å². The number of oxazole rings is 1. The highest BCUT2D eigenvalue weighted by Crippen LogP contribution is 2.49. The number of benzene rings is 1. The molecule has 0 amide bonds. The van der Waals surface area contributed by atoms with Crippen molar-refractivity contribution < 1.29 is 8.81 Å². The van der Waals surface area contributed by atoms with Crippen LogP contribution in [0.25, 0.3) is 0 Å². The first-order chi connectivity index (χ1) is 15.5. The molecule has 0 bridgehead atoms. The lowest BCUT2D eigenvalue weighted by Crippen LogP contribution is -2.43. The fourth-order valence-corrected chi connectivity index (χ4v) is 4.51. The molecule has 2 fully saturated rings. The van der Waals surface area contributed by atoms with E-state index in [1.165, 1.54) is 0 Å². The van der Waals surface area contributed by atoms with Gasteiger partial charge >= 0.3 is 0 Å². The number of likely N-dealkylation sites (tertiary alicyclic amines) is 1. The first kappa shape index (κ1) is 22.8. The molecule has 0 radical (unpaired) electrons. The summed E-state index contributed by atoms with van der Waals surface area (Å²) >= 11 is 0. The van der Waals surface area contributed by atoms with Gasteiger partial charge < -0.3 is 15.1 Å². The van der Waals surface area contributed by atoms with E-state index in [0.29, 0.717) is 12.5 Å². The molecule has 7 heteroatoms. The third kappa shape index (κ3) is 5.49. The largest absolute Gasteiger partial charge is 0.444 e. The Kier molecular flexibility index (Phi) is 7.13. The molecule has 1 aromatic heterocycles. The quantitative estimate of drug-likeness (QED) is 0.480. The Labute approximate surface area is 190 Å². The average Bonchev–Trinajstić information content (AvgIpc) is 3.50. The van der Waals surface area contributed by atoms with E-state index in [1.807, 2.05) is 26.0 Å². The number of aryl methyl sites for hydroxylation is 2. The van der Waals surface area contributed by atoms with Gasteiger partial charge in [-0.25, -0.2) is 9.37 Å². The maximum Gasteiger partial charge on any atom is 0.208 e. The van der Waals surface area contributed by atoms with Gasteiger partial charge in [0.25, 0.3) is 0 Å². The highest BCUT2D eigenvalue weighted by molar-refractivity contribution is 5.79. The predicted molar refractivity (Wildman–Crippen MR) is 125 cm³/mol. The maximum absolute atomic E-state index is 14.3. The molecule has 1 aliphatic carbocycles. The highest BCUT2D eigenvalue weighted by Gasteiger charge is 2.45. The first-order valence-electron chi connectivity index (χ1n) is 11.9. The second-order valence-corrected chi connectivity index (χ2v) is 9.30. The van der Waals surface area contributed by atoms with E-state index < -0.39 is 0 Å². The van der Waals surface area contributed by atoms with Gasteiger partial charge in [0, 0.05) is 18.5 Å². The molecule has 0 atom stereocenters. The van der Waals surface area contributed by atoms with Crippen molar-refractivity contribution >= 4 is 5.96 Å². The Bertz CT molecular complexity index is 909. The van der Waals surface area contributed by atoms with E-state index in [9.17, 15) is 4.39 Å². The van der Waals surface area contributed by atoms with E-state index in [4.69, 9.17) is 9.41 Å². The normalized spacial score (nSPS) is 19.2. The number of hydrogen-bond donors (Lipinski definition) is 2. The second-order valence-electron chi connectivity index (χ2n) is 9.30. The lowest BCUT2D eigenvalue weighted by molar-refractivity contribution is 0.164. The zero-order valence-electron chi connectivity index (χ0n) is 19.6. The molecule has 174 valence electrons. The summed E-state index contributed by atoms with van der Waals surface area (Å²) in [4.78, 5) is 11.8. The predicted octanol–water partition coefficient (Wildman–Crippen LogP) is 3.93. The van der Waals surface area contributed by atoms with Crippen molar-refractivity contribution in [2.24, 2.45) is 10.9 Å². The van der Waals surface area contributed by atoms with Crippen LogP contribution < -0.4 is 10.6 Å². The second kappa shape index (κ2) is 10.0. The molecular weight excluding hydrogens is 405 g/mol. The molecule has 2 aliphatic rings. The molecule has 2 heterocycles. The lowest BCUT2D eigenvalue weighted by Gasteiger charge is -2.31. The minimum atomic E-state index is -0.129. The van der Waals surface area contributed by atoms with Gasteiger partial charge in [-0.3, -0.25) is 9.89 Å². The average molecular weight is 442 g/mol. The van der Waals surface area contributed by atoms with Crippen LogP contribution in [0.2, 0.25) is 0 Å². The van der Waals surface area contributed by atoms with Gasteiger partial charge in [-0.05, 0) is 77.1 Å². The summed E-state index contributed by atoms with van der Waals surface area (Å²) < 4.78 is 20.0. The SMILES string of the molecule is CCNC(=NCC1(c2ccccc2F)CC1)NCC1CCN(Cc2nc(C)c(C)o2)CC1. The number of nitrogens with zero attached hydrogens (tertiary/aromatic N) is 3. The number of rotatable bonds is 8. The zero-order valence-corrected chi connectivity index (χ0v) is 19.6. The smallest absolute Gasteiger partial charge is 0.208 e. The summed E-state index contributed by atoms with van der Waals surface area (Å²) in [5.74, 6) is 3.08. The molecule has 1 aromatic carbocycles. The minimum absolute atomic E-state index is 0.111. The number of guanidine groups is 1. The molecule has 1 saturated heterocycles. The van der Waals surface area contributed by atoms with E-state index in [1.54, 1.807) is 12.1 Å². The van der Waals surface area contributed by atoms with Crippen LogP contribution in [-0.4, -0.2) is 48.6 Å². The fraction of sp³-hybridized carbons (Fsp3) is 0.600. The van der Waals surface area contributed by atoms with Crippen molar-refractivity contribution in [3.05, 3.63) is 53.0 Å². The number of nitrogens with one attached hydrogen (secondary N) is 2. The molecule has 0 unspecified atom stereocenters. The van der Waals surface area contributed by atoms with Crippen molar-refractivity contribution in [1.29, 1.82) is 0 Å². The Morgan fingerprint density at radius 3 is 2.59 bits per heavy atom. The van der Waals surface area contributed by atoms with Gasteiger partial charge in [0.05, 0.1) is 18.8 Å². The summed E-state index contributed by atoms with van der Waals surface area (Å²) in [6.45, 7) is 11.3. The molecule has 1 aliphatic heterocycles. The lowest BCUT2D eigenvalue weighted by atomic mass is 9.95. The Morgan fingerprint density at radius 2 is 1.97 bits per heavy atom. The molecule has 32 heavy (non-hydrogen) atoms. The fourth-order valence-electron chi connectivity index (χ4n) is 4.51. The molecular formula is C25H36FN5O. The van der Waals surface area contributed by atoms with Crippen molar-refractivity contribution in [1.82, 2.24) is 20.5 Å². The van der Waals surface area contributed by atoms with E-state index in [2.05, 4.69) is 27.4 Å². The van der Waals surface area contributed by atoms with Crippen molar-refractivity contribution in [2.75, 3.05) is 32.7 Å². The van der Waals surface area contributed by atoms with Gasteiger partial charge in [-0.2, -0.15) is 0 Å². The molecule has 1 saturated carbocycles. The summed E-state index contributed by atoms with van der Waals surface area (Å²) in [6, 6.07) is 7.14. The highest BCUT2D eigenvalue weighted by atomic mass is 19.1. The van der Waals surface area contributed by atoms with Crippen LogP contribution in [0.4, 0.5) is 4.39 Å². The van der Waals surface area contributed by atoms with Crippen LogP contribution in [0.5, 0.6) is 0 Å². The van der Waals surface area contributed by atoms with Crippen LogP contribution in [0.1, 0.15) is 55.5 Å². The zero-order chi connectivity index (χ0) is 22.6. The van der Waals surface area contributed by atoms with Gasteiger partial charge in [-0.15, -0.1) is 0 Å². The molecule has 4 rings (SSSR count). The minimum Gasteiger partial charge on any atom is -0.444 e. The summed E-state index contributed by atoms with van der Waals surface area (Å²) in [5.41, 5.74) is 1.66. The molecule has 6 nitrogen and oxygen atoms in total. The van der Waals surface area contributed by atoms with E-state index >= 15 is 0 Å². The van der Waals surface area contributed by atoms with Gasteiger partial charge in [-0.1, -0.05) is 18.2 Å². The summed E-state index contributed by atoms with van der Waals surface area (Å²) in [7, 11) is 0. The van der Waals surface area contributed by atoms with Crippen molar-refractivity contribution in [3.63, 3.8) is 0 Å². The van der Waals surface area contributed by atoms with E-state index in [-0.39, 0.29) is 11.2 Å². The Balaban J connectivity index is 1.26. The summed E-state index contributed by atoms with van der Waals surface area (Å²) in [5, 5.41) is 6.88.